The van der Waals surface area contributed by atoms with Gasteiger partial charge in [0.05, 0.1) is 31.2 Å². The van der Waals surface area contributed by atoms with Crippen LogP contribution in [0.5, 0.6) is 11.9 Å². The summed E-state index contributed by atoms with van der Waals surface area (Å²) in [6.07, 6.45) is 8.24. The Morgan fingerprint density at radius 3 is 2.67 bits per heavy atom. The van der Waals surface area contributed by atoms with Crippen molar-refractivity contribution in [3.8, 4) is 11.9 Å². The number of carbonyl (C=O) groups excluding carboxylic acids is 1. The van der Waals surface area contributed by atoms with Gasteiger partial charge in [-0.25, -0.2) is 4.98 Å². The molecule has 7 heteroatoms. The van der Waals surface area contributed by atoms with Crippen LogP contribution < -0.4 is 19.7 Å². The lowest BCUT2D eigenvalue weighted by molar-refractivity contribution is -0.111. The number of para-hydroxylation sites is 2. The molecule has 0 aliphatic carbocycles. The standard InChI is InChI=1S/C20H24N4O3/c1-26-19-15(14-21-20(23-19)27-2)10-11-18(25)22-16-8-4-5-9-17(16)24-12-6-3-7-13-24/h4-5,8-11,14H,3,6-7,12-13H2,1-2H3,(H,22,25). The molecular weight excluding hydrogens is 344 g/mol. The van der Waals surface area contributed by atoms with Gasteiger partial charge in [-0.2, -0.15) is 4.98 Å². The number of carbonyl (C=O) groups is 1. The SMILES string of the molecule is COc1ncc(C=CC(=O)Nc2ccccc2N2CCCCC2)c(OC)n1. The van der Waals surface area contributed by atoms with Crippen LogP contribution in [0.25, 0.3) is 6.08 Å². The Bertz CT molecular complexity index is 817. The van der Waals surface area contributed by atoms with Gasteiger partial charge in [-0.15, -0.1) is 0 Å². The van der Waals surface area contributed by atoms with E-state index in [0.29, 0.717) is 11.4 Å². The van der Waals surface area contributed by atoms with Gasteiger partial charge in [-0.05, 0) is 37.5 Å². The molecule has 27 heavy (non-hydrogen) atoms. The third kappa shape index (κ3) is 4.75. The van der Waals surface area contributed by atoms with Gasteiger partial charge in [0, 0.05) is 25.4 Å². The molecule has 142 valence electrons. The van der Waals surface area contributed by atoms with E-state index in [1.54, 1.807) is 12.3 Å². The summed E-state index contributed by atoms with van der Waals surface area (Å²) in [6, 6.07) is 8.10. The Balaban J connectivity index is 1.72. The van der Waals surface area contributed by atoms with Crippen LogP contribution in [0.3, 0.4) is 0 Å². The summed E-state index contributed by atoms with van der Waals surface area (Å²) in [5, 5.41) is 2.96. The molecule has 0 spiro atoms. The number of nitrogens with zero attached hydrogens (tertiary/aromatic N) is 3. The minimum Gasteiger partial charge on any atom is -0.480 e. The highest BCUT2D eigenvalue weighted by molar-refractivity contribution is 6.03. The van der Waals surface area contributed by atoms with Gasteiger partial charge in [-0.1, -0.05) is 12.1 Å². The summed E-state index contributed by atoms with van der Waals surface area (Å²) >= 11 is 0. The lowest BCUT2D eigenvalue weighted by atomic mass is 10.1. The molecule has 0 radical (unpaired) electrons. The molecule has 2 heterocycles. The van der Waals surface area contributed by atoms with E-state index in [2.05, 4.69) is 20.2 Å². The van der Waals surface area contributed by atoms with Crippen molar-refractivity contribution in [2.45, 2.75) is 19.3 Å². The van der Waals surface area contributed by atoms with E-state index in [1.807, 2.05) is 24.3 Å². The summed E-state index contributed by atoms with van der Waals surface area (Å²) in [4.78, 5) is 22.9. The second kappa shape index (κ2) is 9.02. The molecule has 3 rings (SSSR count). The van der Waals surface area contributed by atoms with E-state index in [0.717, 1.165) is 24.5 Å². The molecule has 0 bridgehead atoms. The van der Waals surface area contributed by atoms with Crippen molar-refractivity contribution in [2.24, 2.45) is 0 Å². The zero-order valence-corrected chi connectivity index (χ0v) is 15.6. The van der Waals surface area contributed by atoms with Crippen molar-refractivity contribution in [1.82, 2.24) is 9.97 Å². The van der Waals surface area contributed by atoms with Crippen LogP contribution in [0.2, 0.25) is 0 Å². The molecule has 1 N–H and O–H groups in total. The fraction of sp³-hybridized carbons (Fsp3) is 0.350. The molecule has 1 aromatic heterocycles. The number of amides is 1. The van der Waals surface area contributed by atoms with E-state index in [9.17, 15) is 4.79 Å². The fourth-order valence-corrected chi connectivity index (χ4v) is 3.07. The number of rotatable bonds is 6. The maximum absolute atomic E-state index is 12.4. The van der Waals surface area contributed by atoms with Crippen LogP contribution in [-0.2, 0) is 4.79 Å². The summed E-state index contributed by atoms with van der Waals surface area (Å²) in [5.74, 6) is 0.122. The largest absolute Gasteiger partial charge is 0.480 e. The van der Waals surface area contributed by atoms with Crippen molar-refractivity contribution in [3.05, 3.63) is 42.1 Å². The van der Waals surface area contributed by atoms with Gasteiger partial charge in [-0.3, -0.25) is 4.79 Å². The minimum atomic E-state index is -0.225. The second-order valence-corrected chi connectivity index (χ2v) is 6.21. The number of ether oxygens (including phenoxy) is 2. The van der Waals surface area contributed by atoms with Crippen LogP contribution in [-0.4, -0.2) is 43.2 Å². The van der Waals surface area contributed by atoms with Crippen molar-refractivity contribution in [1.29, 1.82) is 0 Å². The number of anilines is 2. The highest BCUT2D eigenvalue weighted by atomic mass is 16.5. The monoisotopic (exact) mass is 368 g/mol. The average molecular weight is 368 g/mol. The molecule has 1 aliphatic heterocycles. The summed E-state index contributed by atoms with van der Waals surface area (Å²) in [5.41, 5.74) is 2.47. The van der Waals surface area contributed by atoms with Crippen molar-refractivity contribution < 1.29 is 14.3 Å². The first-order valence-electron chi connectivity index (χ1n) is 8.99. The number of hydrogen-bond donors (Lipinski definition) is 1. The van der Waals surface area contributed by atoms with Crippen molar-refractivity contribution in [2.75, 3.05) is 37.5 Å². The van der Waals surface area contributed by atoms with Gasteiger partial charge in [0.1, 0.15) is 0 Å². The molecule has 0 saturated carbocycles. The molecular formula is C20H24N4O3. The Labute approximate surface area is 159 Å². The van der Waals surface area contributed by atoms with Crippen LogP contribution in [0.4, 0.5) is 11.4 Å². The third-order valence-corrected chi connectivity index (χ3v) is 4.41. The lowest BCUT2D eigenvalue weighted by Gasteiger charge is -2.30. The topological polar surface area (TPSA) is 76.6 Å². The van der Waals surface area contributed by atoms with Crippen LogP contribution >= 0.6 is 0 Å². The van der Waals surface area contributed by atoms with E-state index in [4.69, 9.17) is 9.47 Å². The highest BCUT2D eigenvalue weighted by Crippen LogP contribution is 2.28. The summed E-state index contributed by atoms with van der Waals surface area (Å²) < 4.78 is 10.2. The molecule has 1 fully saturated rings. The first-order valence-corrected chi connectivity index (χ1v) is 8.99. The van der Waals surface area contributed by atoms with E-state index < -0.39 is 0 Å². The Kier molecular flexibility index (Phi) is 6.25. The van der Waals surface area contributed by atoms with Gasteiger partial charge in [0.25, 0.3) is 0 Å². The maximum atomic E-state index is 12.4. The van der Waals surface area contributed by atoms with E-state index >= 15 is 0 Å². The first-order chi connectivity index (χ1) is 13.2. The quantitative estimate of drug-likeness (QED) is 0.790. The minimum absolute atomic E-state index is 0.212. The Morgan fingerprint density at radius 1 is 1.15 bits per heavy atom. The molecule has 1 aliphatic rings. The molecule has 1 aromatic carbocycles. The van der Waals surface area contributed by atoms with E-state index in [-0.39, 0.29) is 11.9 Å². The summed E-state index contributed by atoms with van der Waals surface area (Å²) in [6.45, 7) is 2.03. The number of hydrogen-bond acceptors (Lipinski definition) is 6. The van der Waals surface area contributed by atoms with Gasteiger partial charge < -0.3 is 19.7 Å². The van der Waals surface area contributed by atoms with Crippen molar-refractivity contribution in [3.63, 3.8) is 0 Å². The van der Waals surface area contributed by atoms with Gasteiger partial charge in [0.2, 0.25) is 11.8 Å². The summed E-state index contributed by atoms with van der Waals surface area (Å²) in [7, 11) is 2.99. The lowest BCUT2D eigenvalue weighted by Crippen LogP contribution is -2.30. The number of piperidine rings is 1. The van der Waals surface area contributed by atoms with Crippen molar-refractivity contribution >= 4 is 23.4 Å². The first kappa shape index (κ1) is 18.7. The smallest absolute Gasteiger partial charge is 0.319 e. The normalized spacial score (nSPS) is 14.2. The number of benzene rings is 1. The van der Waals surface area contributed by atoms with Crippen LogP contribution in [0.1, 0.15) is 24.8 Å². The fourth-order valence-electron chi connectivity index (χ4n) is 3.07. The Hall–Kier alpha value is -3.09. The molecule has 7 nitrogen and oxygen atoms in total. The number of nitrogens with one attached hydrogen (secondary N) is 1. The second-order valence-electron chi connectivity index (χ2n) is 6.21. The molecule has 1 saturated heterocycles. The molecule has 0 atom stereocenters. The van der Waals surface area contributed by atoms with E-state index in [1.165, 1.54) is 39.6 Å². The average Bonchev–Trinajstić information content (AvgIpc) is 2.73. The zero-order chi connectivity index (χ0) is 19.1. The molecule has 0 unspecified atom stereocenters. The van der Waals surface area contributed by atoms with Gasteiger partial charge >= 0.3 is 6.01 Å². The predicted molar refractivity (Wildman–Crippen MR) is 105 cm³/mol. The van der Waals surface area contributed by atoms with Crippen LogP contribution in [0.15, 0.2) is 36.5 Å². The number of methoxy groups -OCH3 is 2. The van der Waals surface area contributed by atoms with Gasteiger partial charge in [0.15, 0.2) is 0 Å². The molecule has 2 aromatic rings. The zero-order valence-electron chi connectivity index (χ0n) is 15.6. The maximum Gasteiger partial charge on any atom is 0.319 e. The third-order valence-electron chi connectivity index (χ3n) is 4.41. The van der Waals surface area contributed by atoms with Crippen LogP contribution in [0, 0.1) is 0 Å². The number of aromatic nitrogens is 2. The molecule has 1 amide bonds. The highest BCUT2D eigenvalue weighted by Gasteiger charge is 2.15. The predicted octanol–water partition coefficient (Wildman–Crippen LogP) is 3.14. The Morgan fingerprint density at radius 2 is 1.93 bits per heavy atom.